The van der Waals surface area contributed by atoms with E-state index in [1.165, 1.54) is 26.1 Å². The molecule has 1 heterocycles. The van der Waals surface area contributed by atoms with E-state index < -0.39 is 0 Å². The Labute approximate surface area is 108 Å². The van der Waals surface area contributed by atoms with Crippen molar-refractivity contribution >= 4 is 21.4 Å². The summed E-state index contributed by atoms with van der Waals surface area (Å²) >= 11 is 1.91. The quantitative estimate of drug-likeness (QED) is 0.837. The van der Waals surface area contributed by atoms with Gasteiger partial charge in [0.1, 0.15) is 0 Å². The van der Waals surface area contributed by atoms with Crippen LogP contribution >= 0.6 is 11.3 Å². The highest BCUT2D eigenvalue weighted by Crippen LogP contribution is 2.34. The highest BCUT2D eigenvalue weighted by atomic mass is 32.1. The highest BCUT2D eigenvalue weighted by Gasteiger charge is 2.15. The molecule has 0 aliphatic heterocycles. The molecule has 92 valence electrons. The van der Waals surface area contributed by atoms with E-state index >= 15 is 0 Å². The summed E-state index contributed by atoms with van der Waals surface area (Å²) in [7, 11) is 2.00. The van der Waals surface area contributed by atoms with Crippen LogP contribution in [0.3, 0.4) is 0 Å². The van der Waals surface area contributed by atoms with Gasteiger partial charge in [-0.25, -0.2) is 0 Å². The summed E-state index contributed by atoms with van der Waals surface area (Å²) in [5.74, 6) is 0. The molecule has 1 aromatic carbocycles. The maximum atomic E-state index is 3.24. The standard InChI is InChI=1S/C15H21NS/c1-10-12-8-11(15(2,3)4)6-7-13(12)17-14(10)9-16-5/h6-8,16H,9H2,1-5H3. The van der Waals surface area contributed by atoms with Crippen LogP contribution in [0.2, 0.25) is 0 Å². The van der Waals surface area contributed by atoms with E-state index in [9.17, 15) is 0 Å². The molecule has 0 unspecified atom stereocenters. The molecular weight excluding hydrogens is 226 g/mol. The van der Waals surface area contributed by atoms with Crippen molar-refractivity contribution in [3.63, 3.8) is 0 Å². The Morgan fingerprint density at radius 3 is 2.53 bits per heavy atom. The largest absolute Gasteiger partial charge is 0.315 e. The van der Waals surface area contributed by atoms with Crippen LogP contribution < -0.4 is 5.32 Å². The lowest BCUT2D eigenvalue weighted by molar-refractivity contribution is 0.591. The van der Waals surface area contributed by atoms with Gasteiger partial charge in [0.25, 0.3) is 0 Å². The fourth-order valence-corrected chi connectivity index (χ4v) is 3.27. The predicted molar refractivity (Wildman–Crippen MR) is 78.0 cm³/mol. The molecule has 17 heavy (non-hydrogen) atoms. The second-order valence-electron chi connectivity index (χ2n) is 5.64. The SMILES string of the molecule is CNCc1sc2ccc(C(C)(C)C)cc2c1C. The molecule has 0 radical (unpaired) electrons. The van der Waals surface area contributed by atoms with Gasteiger partial charge in [0, 0.05) is 16.1 Å². The average Bonchev–Trinajstić information content (AvgIpc) is 2.55. The van der Waals surface area contributed by atoms with Crippen molar-refractivity contribution in [3.8, 4) is 0 Å². The van der Waals surface area contributed by atoms with Crippen LogP contribution in [0.5, 0.6) is 0 Å². The summed E-state index contributed by atoms with van der Waals surface area (Å²) < 4.78 is 1.40. The molecule has 2 aromatic rings. The Balaban J connectivity index is 2.57. The average molecular weight is 247 g/mol. The Hall–Kier alpha value is -0.860. The number of rotatable bonds is 2. The summed E-state index contributed by atoms with van der Waals surface area (Å²) in [6.45, 7) is 10.0. The zero-order valence-corrected chi connectivity index (χ0v) is 12.2. The maximum Gasteiger partial charge on any atom is 0.0349 e. The van der Waals surface area contributed by atoms with Crippen LogP contribution in [0.15, 0.2) is 18.2 Å². The molecule has 0 amide bonds. The second-order valence-corrected chi connectivity index (χ2v) is 6.78. The number of aryl methyl sites for hydroxylation is 1. The molecule has 0 atom stereocenters. The smallest absolute Gasteiger partial charge is 0.0349 e. The van der Waals surface area contributed by atoms with Crippen molar-refractivity contribution in [2.45, 2.75) is 39.7 Å². The molecule has 0 aliphatic carbocycles. The summed E-state index contributed by atoms with van der Waals surface area (Å²) in [5, 5.41) is 4.66. The van der Waals surface area contributed by atoms with E-state index in [-0.39, 0.29) is 5.41 Å². The molecule has 0 fully saturated rings. The molecule has 0 aliphatic rings. The summed E-state index contributed by atoms with van der Waals surface area (Å²) in [5.41, 5.74) is 3.08. The van der Waals surface area contributed by atoms with E-state index in [4.69, 9.17) is 0 Å². The van der Waals surface area contributed by atoms with Gasteiger partial charge in [0.05, 0.1) is 0 Å². The van der Waals surface area contributed by atoms with Gasteiger partial charge in [0.15, 0.2) is 0 Å². The van der Waals surface area contributed by atoms with Gasteiger partial charge >= 0.3 is 0 Å². The van der Waals surface area contributed by atoms with Gasteiger partial charge in [0.2, 0.25) is 0 Å². The number of thiophene rings is 1. The lowest BCUT2D eigenvalue weighted by Crippen LogP contribution is -2.10. The Bertz CT molecular complexity index is 532. The molecule has 0 spiro atoms. The lowest BCUT2D eigenvalue weighted by atomic mass is 9.86. The monoisotopic (exact) mass is 247 g/mol. The first kappa shape index (κ1) is 12.6. The predicted octanol–water partition coefficient (Wildman–Crippen LogP) is 4.23. The Kier molecular flexibility index (Phi) is 3.28. The van der Waals surface area contributed by atoms with E-state index in [2.05, 4.69) is 51.2 Å². The zero-order valence-electron chi connectivity index (χ0n) is 11.3. The normalized spacial score (nSPS) is 12.3. The number of hydrogen-bond acceptors (Lipinski definition) is 2. The molecular formula is C15H21NS. The van der Waals surface area contributed by atoms with Gasteiger partial charge in [-0.15, -0.1) is 11.3 Å². The van der Waals surface area contributed by atoms with Crippen LogP contribution in [0.25, 0.3) is 10.1 Å². The van der Waals surface area contributed by atoms with E-state index in [0.717, 1.165) is 6.54 Å². The highest BCUT2D eigenvalue weighted by molar-refractivity contribution is 7.19. The second kappa shape index (κ2) is 4.43. The van der Waals surface area contributed by atoms with Crippen molar-refractivity contribution in [2.24, 2.45) is 0 Å². The van der Waals surface area contributed by atoms with Gasteiger partial charge in [-0.1, -0.05) is 26.8 Å². The topological polar surface area (TPSA) is 12.0 Å². The molecule has 0 saturated carbocycles. The first-order valence-corrected chi connectivity index (χ1v) is 6.92. The van der Waals surface area contributed by atoms with E-state index in [1.807, 2.05) is 18.4 Å². The van der Waals surface area contributed by atoms with E-state index in [1.54, 1.807) is 0 Å². The number of hydrogen-bond donors (Lipinski definition) is 1. The van der Waals surface area contributed by atoms with Crippen molar-refractivity contribution in [3.05, 3.63) is 34.2 Å². The third kappa shape index (κ3) is 2.38. The molecule has 1 nitrogen and oxygen atoms in total. The van der Waals surface area contributed by atoms with Crippen molar-refractivity contribution in [1.82, 2.24) is 5.32 Å². The number of benzene rings is 1. The minimum absolute atomic E-state index is 0.228. The first-order chi connectivity index (χ1) is 7.93. The van der Waals surface area contributed by atoms with Crippen molar-refractivity contribution in [1.29, 1.82) is 0 Å². The molecule has 2 heteroatoms. The van der Waals surface area contributed by atoms with Crippen molar-refractivity contribution < 1.29 is 0 Å². The first-order valence-electron chi connectivity index (χ1n) is 6.10. The van der Waals surface area contributed by atoms with Gasteiger partial charge < -0.3 is 5.32 Å². The fourth-order valence-electron chi connectivity index (χ4n) is 2.07. The summed E-state index contributed by atoms with van der Waals surface area (Å²) in [6, 6.07) is 6.90. The number of fused-ring (bicyclic) bond motifs is 1. The molecule has 0 bridgehead atoms. The van der Waals surface area contributed by atoms with E-state index in [0.29, 0.717) is 0 Å². The third-order valence-electron chi connectivity index (χ3n) is 3.24. The van der Waals surface area contributed by atoms with Crippen LogP contribution in [-0.4, -0.2) is 7.05 Å². The summed E-state index contributed by atoms with van der Waals surface area (Å²) in [4.78, 5) is 1.45. The minimum Gasteiger partial charge on any atom is -0.315 e. The van der Waals surface area contributed by atoms with Crippen LogP contribution in [-0.2, 0) is 12.0 Å². The zero-order chi connectivity index (χ0) is 12.6. The third-order valence-corrected chi connectivity index (χ3v) is 4.51. The van der Waals surface area contributed by atoms with Crippen LogP contribution in [0.4, 0.5) is 0 Å². The molecule has 2 rings (SSSR count). The van der Waals surface area contributed by atoms with Gasteiger partial charge in [-0.05, 0) is 48.0 Å². The van der Waals surface area contributed by atoms with Crippen LogP contribution in [0, 0.1) is 6.92 Å². The maximum absolute atomic E-state index is 3.24. The van der Waals surface area contributed by atoms with Crippen molar-refractivity contribution in [2.75, 3.05) is 7.05 Å². The molecule has 1 aromatic heterocycles. The fraction of sp³-hybridized carbons (Fsp3) is 0.467. The van der Waals surface area contributed by atoms with Gasteiger partial charge in [-0.3, -0.25) is 0 Å². The summed E-state index contributed by atoms with van der Waals surface area (Å²) in [6.07, 6.45) is 0. The van der Waals surface area contributed by atoms with Gasteiger partial charge in [-0.2, -0.15) is 0 Å². The Morgan fingerprint density at radius 2 is 1.94 bits per heavy atom. The Morgan fingerprint density at radius 1 is 1.24 bits per heavy atom. The minimum atomic E-state index is 0.228. The number of nitrogens with one attached hydrogen (secondary N) is 1. The lowest BCUT2D eigenvalue weighted by Gasteiger charge is -2.19. The van der Waals surface area contributed by atoms with Crippen LogP contribution in [0.1, 0.15) is 36.8 Å². The molecule has 1 N–H and O–H groups in total. The molecule has 0 saturated heterocycles.